The van der Waals surface area contributed by atoms with E-state index in [-0.39, 0.29) is 11.8 Å². The average molecular weight is 209 g/mol. The van der Waals surface area contributed by atoms with Gasteiger partial charge < -0.3 is 5.32 Å². The van der Waals surface area contributed by atoms with Gasteiger partial charge in [0.2, 0.25) is 5.91 Å². The summed E-state index contributed by atoms with van der Waals surface area (Å²) < 4.78 is 0. The molecule has 0 aromatic carbocycles. The second-order valence-corrected chi connectivity index (χ2v) is 4.08. The summed E-state index contributed by atoms with van der Waals surface area (Å²) in [4.78, 5) is 22.3. The number of amides is 2. The predicted octanol–water partition coefficient (Wildman–Crippen LogP) is 0.169. The van der Waals surface area contributed by atoms with E-state index in [2.05, 4.69) is 15.8 Å². The molecule has 0 radical (unpaired) electrons. The predicted molar refractivity (Wildman–Crippen MR) is 55.2 cm³/mol. The van der Waals surface area contributed by atoms with Crippen molar-refractivity contribution in [1.82, 2.24) is 10.7 Å². The first-order valence-electron chi connectivity index (χ1n) is 5.39. The van der Waals surface area contributed by atoms with Gasteiger partial charge in [-0.3, -0.25) is 9.59 Å². The fraction of sp³-hybridized carbons (Fsp3) is 0.700. The van der Waals surface area contributed by atoms with Crippen molar-refractivity contribution in [2.75, 3.05) is 6.54 Å². The van der Waals surface area contributed by atoms with E-state index in [1.54, 1.807) is 0 Å². The van der Waals surface area contributed by atoms with Crippen molar-refractivity contribution < 1.29 is 9.59 Å². The quantitative estimate of drug-likeness (QED) is 0.692. The van der Waals surface area contributed by atoms with Crippen LogP contribution in [0.4, 0.5) is 0 Å². The normalized spacial score (nSPS) is 20.5. The molecule has 1 aliphatic carbocycles. The summed E-state index contributed by atoms with van der Waals surface area (Å²) in [6, 6.07) is 0. The third kappa shape index (κ3) is 3.04. The Balaban J connectivity index is 1.72. The van der Waals surface area contributed by atoms with Crippen molar-refractivity contribution in [3.05, 3.63) is 0 Å². The molecule has 1 heterocycles. The van der Waals surface area contributed by atoms with Crippen molar-refractivity contribution in [3.8, 4) is 0 Å². The van der Waals surface area contributed by atoms with Gasteiger partial charge in [-0.25, -0.2) is 5.43 Å². The number of hydrogen-bond acceptors (Lipinski definition) is 3. The van der Waals surface area contributed by atoms with Gasteiger partial charge in [-0.05, 0) is 12.3 Å². The SMILES string of the molecule is O=C1CCC(C(=O)NCCC2CC2)=NN1. The second kappa shape index (κ2) is 4.42. The molecule has 0 unspecified atom stereocenters. The Morgan fingerprint density at radius 3 is 2.87 bits per heavy atom. The van der Waals surface area contributed by atoms with E-state index in [1.165, 1.54) is 12.8 Å². The van der Waals surface area contributed by atoms with Crippen LogP contribution in [0.5, 0.6) is 0 Å². The van der Waals surface area contributed by atoms with Crippen LogP contribution in [0.25, 0.3) is 0 Å². The maximum atomic E-state index is 11.5. The molecule has 0 bridgehead atoms. The number of hydrazone groups is 1. The van der Waals surface area contributed by atoms with Crippen molar-refractivity contribution in [2.45, 2.75) is 32.1 Å². The van der Waals surface area contributed by atoms with Crippen molar-refractivity contribution >= 4 is 17.5 Å². The van der Waals surface area contributed by atoms with Gasteiger partial charge in [-0.1, -0.05) is 12.8 Å². The summed E-state index contributed by atoms with van der Waals surface area (Å²) >= 11 is 0. The Labute approximate surface area is 88.3 Å². The molecule has 1 aliphatic heterocycles. The summed E-state index contributed by atoms with van der Waals surface area (Å²) in [6.07, 6.45) is 4.46. The number of nitrogens with zero attached hydrogens (tertiary/aromatic N) is 1. The summed E-state index contributed by atoms with van der Waals surface area (Å²) in [5, 5.41) is 6.55. The minimum absolute atomic E-state index is 0.121. The summed E-state index contributed by atoms with van der Waals surface area (Å²) in [6.45, 7) is 0.719. The molecule has 1 fully saturated rings. The van der Waals surface area contributed by atoms with Gasteiger partial charge in [0.15, 0.2) is 0 Å². The van der Waals surface area contributed by atoms with Gasteiger partial charge >= 0.3 is 0 Å². The van der Waals surface area contributed by atoms with Crippen LogP contribution in [0.15, 0.2) is 5.10 Å². The van der Waals surface area contributed by atoms with Crippen LogP contribution in [-0.4, -0.2) is 24.1 Å². The largest absolute Gasteiger partial charge is 0.351 e. The van der Waals surface area contributed by atoms with Crippen LogP contribution in [0, 0.1) is 5.92 Å². The van der Waals surface area contributed by atoms with Gasteiger partial charge in [-0.15, -0.1) is 0 Å². The van der Waals surface area contributed by atoms with Gasteiger partial charge in [0, 0.05) is 19.4 Å². The molecule has 1 saturated carbocycles. The van der Waals surface area contributed by atoms with E-state index in [9.17, 15) is 9.59 Å². The number of nitrogens with one attached hydrogen (secondary N) is 2. The highest BCUT2D eigenvalue weighted by atomic mass is 16.2. The molecular formula is C10H15N3O2. The lowest BCUT2D eigenvalue weighted by molar-refractivity contribution is -0.121. The second-order valence-electron chi connectivity index (χ2n) is 4.08. The van der Waals surface area contributed by atoms with Crippen molar-refractivity contribution in [2.24, 2.45) is 11.0 Å². The van der Waals surface area contributed by atoms with Crippen LogP contribution >= 0.6 is 0 Å². The molecule has 0 saturated heterocycles. The van der Waals surface area contributed by atoms with Crippen molar-refractivity contribution in [1.29, 1.82) is 0 Å². The van der Waals surface area contributed by atoms with Crippen LogP contribution < -0.4 is 10.7 Å². The molecular weight excluding hydrogens is 194 g/mol. The van der Waals surface area contributed by atoms with Gasteiger partial charge in [0.05, 0.1) is 0 Å². The summed E-state index contributed by atoms with van der Waals surface area (Å²) in [5.74, 6) is 0.554. The fourth-order valence-corrected chi connectivity index (χ4v) is 1.54. The number of rotatable bonds is 4. The Bertz CT molecular complexity index is 308. The minimum Gasteiger partial charge on any atom is -0.351 e. The zero-order chi connectivity index (χ0) is 10.7. The average Bonchev–Trinajstić information content (AvgIpc) is 3.02. The first-order valence-corrected chi connectivity index (χ1v) is 5.39. The molecule has 5 nitrogen and oxygen atoms in total. The Hall–Kier alpha value is -1.39. The first-order chi connectivity index (χ1) is 7.25. The molecule has 2 rings (SSSR count). The maximum absolute atomic E-state index is 11.5. The molecule has 82 valence electrons. The van der Waals surface area contributed by atoms with Gasteiger partial charge in [0.1, 0.15) is 5.71 Å². The standard InChI is InChI=1S/C10H15N3O2/c14-9-4-3-8(12-13-9)10(15)11-6-5-7-1-2-7/h7H,1-6H2,(H,11,15)(H,13,14). The van der Waals surface area contributed by atoms with Crippen LogP contribution in [-0.2, 0) is 9.59 Å². The lowest BCUT2D eigenvalue weighted by atomic mass is 10.1. The highest BCUT2D eigenvalue weighted by Gasteiger charge is 2.22. The van der Waals surface area contributed by atoms with Crippen LogP contribution in [0.1, 0.15) is 32.1 Å². The maximum Gasteiger partial charge on any atom is 0.267 e. The van der Waals surface area contributed by atoms with Crippen molar-refractivity contribution in [3.63, 3.8) is 0 Å². The monoisotopic (exact) mass is 209 g/mol. The molecule has 2 N–H and O–H groups in total. The summed E-state index contributed by atoms with van der Waals surface area (Å²) in [7, 11) is 0. The lowest BCUT2D eigenvalue weighted by Gasteiger charge is -2.11. The highest BCUT2D eigenvalue weighted by molar-refractivity contribution is 6.39. The van der Waals surface area contributed by atoms with E-state index in [1.807, 2.05) is 0 Å². The number of hydrogen-bond donors (Lipinski definition) is 2. The number of carbonyl (C=O) groups excluding carboxylic acids is 2. The van der Waals surface area contributed by atoms with Gasteiger partial charge in [-0.2, -0.15) is 5.10 Å². The smallest absolute Gasteiger partial charge is 0.267 e. The minimum atomic E-state index is -0.143. The zero-order valence-electron chi connectivity index (χ0n) is 8.58. The third-order valence-corrected chi connectivity index (χ3v) is 2.70. The number of carbonyl (C=O) groups is 2. The van der Waals surface area contributed by atoms with E-state index < -0.39 is 0 Å². The molecule has 0 atom stereocenters. The molecule has 0 aromatic heterocycles. The lowest BCUT2D eigenvalue weighted by Crippen LogP contribution is -2.37. The molecule has 0 spiro atoms. The Kier molecular flexibility index (Phi) is 2.99. The topological polar surface area (TPSA) is 70.6 Å². The molecule has 0 aromatic rings. The van der Waals surface area contributed by atoms with Gasteiger partial charge in [0.25, 0.3) is 5.91 Å². The fourth-order valence-electron chi connectivity index (χ4n) is 1.54. The van der Waals surface area contributed by atoms with E-state index in [0.29, 0.717) is 18.6 Å². The first kappa shape index (κ1) is 10.1. The van der Waals surface area contributed by atoms with E-state index in [4.69, 9.17) is 0 Å². The Morgan fingerprint density at radius 2 is 2.27 bits per heavy atom. The van der Waals surface area contributed by atoms with E-state index >= 15 is 0 Å². The third-order valence-electron chi connectivity index (χ3n) is 2.70. The van der Waals surface area contributed by atoms with E-state index in [0.717, 1.165) is 18.9 Å². The Morgan fingerprint density at radius 1 is 1.47 bits per heavy atom. The van der Waals surface area contributed by atoms with Crippen LogP contribution in [0.2, 0.25) is 0 Å². The van der Waals surface area contributed by atoms with Crippen LogP contribution in [0.3, 0.4) is 0 Å². The molecule has 2 aliphatic rings. The molecule has 5 heteroatoms. The zero-order valence-corrected chi connectivity index (χ0v) is 8.58. The molecule has 2 amide bonds. The summed E-state index contributed by atoms with van der Waals surface area (Å²) in [5.41, 5.74) is 2.75. The molecule has 15 heavy (non-hydrogen) atoms. The highest BCUT2D eigenvalue weighted by Crippen LogP contribution is 2.31.